The lowest BCUT2D eigenvalue weighted by molar-refractivity contribution is 0.838. The van der Waals surface area contributed by atoms with E-state index >= 15 is 0 Å². The molecule has 0 aliphatic heterocycles. The van der Waals surface area contributed by atoms with E-state index in [4.69, 9.17) is 11.6 Å². The van der Waals surface area contributed by atoms with Gasteiger partial charge in [0.15, 0.2) is 0 Å². The van der Waals surface area contributed by atoms with E-state index in [0.29, 0.717) is 11.8 Å². The second-order valence-electron chi connectivity index (χ2n) is 9.24. The highest BCUT2D eigenvalue weighted by Crippen LogP contribution is 2.37. The fourth-order valence-electron chi connectivity index (χ4n) is 4.65. The molecular weight excluding hydrogens is 504 g/mol. The largest absolute Gasteiger partial charge is 0.221 e. The average molecular weight is 534 g/mol. The zero-order valence-corrected chi connectivity index (χ0v) is 23.0. The van der Waals surface area contributed by atoms with E-state index in [2.05, 4.69) is 140 Å². The minimum Gasteiger partial charge on any atom is -0.108 e. The second-order valence-corrected chi connectivity index (χ2v) is 16.3. The van der Waals surface area contributed by atoms with Crippen LogP contribution in [0.2, 0.25) is 5.02 Å². The fraction of sp³-hybridized carbons (Fsp3) is 0.200. The van der Waals surface area contributed by atoms with Crippen molar-refractivity contribution in [1.82, 2.24) is 0 Å². The molecule has 0 spiro atoms. The molecule has 0 unspecified atom stereocenters. The Hall–Kier alpha value is -2.13. The molecule has 0 atom stereocenters. The van der Waals surface area contributed by atoms with E-state index in [1.165, 1.54) is 37.8 Å². The highest BCUT2D eigenvalue weighted by molar-refractivity contribution is 9.27. The van der Waals surface area contributed by atoms with Crippen LogP contribution in [0.3, 0.4) is 0 Å². The van der Waals surface area contributed by atoms with Crippen LogP contribution in [-0.4, -0.2) is 6.69 Å². The Labute approximate surface area is 212 Å². The summed E-state index contributed by atoms with van der Waals surface area (Å²) in [6.07, 6.45) is 0. The normalized spacial score (nSPS) is 11.9. The Morgan fingerprint density at radius 2 is 1.09 bits per heavy atom. The first kappa shape index (κ1) is 24.0. The fourth-order valence-corrected chi connectivity index (χ4v) is 10.3. The molecule has 0 aliphatic carbocycles. The molecule has 4 aromatic carbocycles. The molecule has 4 aromatic rings. The lowest BCUT2D eigenvalue weighted by Gasteiger charge is -2.28. The highest BCUT2D eigenvalue weighted by atomic mass is 79.9. The molecule has 0 radical (unpaired) electrons. The molecule has 0 saturated heterocycles. The zero-order chi connectivity index (χ0) is 23.6. The molecule has 0 bridgehead atoms. The summed E-state index contributed by atoms with van der Waals surface area (Å²) in [6.45, 7) is 6.64. The van der Waals surface area contributed by atoms with Gasteiger partial charge in [0, 0.05) is 5.02 Å². The first-order valence-corrected chi connectivity index (χ1v) is 16.2. The Kier molecular flexibility index (Phi) is 7.28. The molecule has 0 nitrogen and oxygen atoms in total. The van der Waals surface area contributed by atoms with Gasteiger partial charge in [-0.3, -0.25) is 0 Å². The third-order valence-electron chi connectivity index (χ3n) is 6.30. The summed E-state index contributed by atoms with van der Waals surface area (Å²) < 4.78 is 0. The first-order valence-electron chi connectivity index (χ1n) is 11.6. The van der Waals surface area contributed by atoms with Crippen LogP contribution in [0.25, 0.3) is 11.1 Å². The predicted molar refractivity (Wildman–Crippen MR) is 152 cm³/mol. The first-order chi connectivity index (χ1) is 15.8. The van der Waals surface area contributed by atoms with E-state index in [9.17, 15) is 0 Å². The molecule has 33 heavy (non-hydrogen) atoms. The molecule has 0 heterocycles. The average Bonchev–Trinajstić information content (AvgIpc) is 2.83. The zero-order valence-electron chi connectivity index (χ0n) is 19.6. The maximum Gasteiger partial charge on any atom is 0.221 e. The van der Waals surface area contributed by atoms with Gasteiger partial charge in [0.05, 0.1) is 0 Å². The molecule has 3 heteroatoms. The van der Waals surface area contributed by atoms with Crippen LogP contribution in [0, 0.1) is 0 Å². The second kappa shape index (κ2) is 10.0. The molecule has 168 valence electrons. The molecule has 0 fully saturated rings. The van der Waals surface area contributed by atoms with Crippen molar-refractivity contribution in [2.45, 2.75) is 39.5 Å². The summed E-state index contributed by atoms with van der Waals surface area (Å²) in [7, 11) is 0. The molecule has 0 aromatic heterocycles. The van der Waals surface area contributed by atoms with Crippen molar-refractivity contribution < 1.29 is 0 Å². The maximum absolute atomic E-state index is 6.85. The van der Waals surface area contributed by atoms with Crippen LogP contribution < -0.4 is 15.6 Å². The SMILES string of the molecule is CC(C)c1cccc(C(C)C)c1-c1cc(Cl)cc([Si](Br)(c2ccccc2)c2ccccc2)c1. The van der Waals surface area contributed by atoms with Gasteiger partial charge in [0.25, 0.3) is 0 Å². The molecule has 0 amide bonds. The minimum atomic E-state index is -2.43. The third-order valence-corrected chi connectivity index (χ3v) is 14.0. The Balaban J connectivity index is 2.02. The van der Waals surface area contributed by atoms with E-state index < -0.39 is 6.69 Å². The monoisotopic (exact) mass is 532 g/mol. The highest BCUT2D eigenvalue weighted by Gasteiger charge is 2.37. The van der Waals surface area contributed by atoms with Crippen molar-refractivity contribution in [3.63, 3.8) is 0 Å². The lowest BCUT2D eigenvalue weighted by atomic mass is 9.85. The van der Waals surface area contributed by atoms with Gasteiger partial charge in [-0.1, -0.05) is 124 Å². The smallest absolute Gasteiger partial charge is 0.108 e. The van der Waals surface area contributed by atoms with Gasteiger partial charge < -0.3 is 0 Å². The van der Waals surface area contributed by atoms with E-state index in [1.54, 1.807) is 0 Å². The number of hydrogen-bond donors (Lipinski definition) is 0. The summed E-state index contributed by atoms with van der Waals surface area (Å²) in [5, 5.41) is 4.66. The Bertz CT molecular complexity index is 1170. The molecule has 0 aliphatic rings. The van der Waals surface area contributed by atoms with Crippen molar-refractivity contribution in [3.8, 4) is 11.1 Å². The minimum absolute atomic E-state index is 0.426. The van der Waals surface area contributed by atoms with Gasteiger partial charge in [-0.15, -0.1) is 15.3 Å². The summed E-state index contributed by atoms with van der Waals surface area (Å²) >= 11 is 11.2. The van der Waals surface area contributed by atoms with E-state index in [1.807, 2.05) is 0 Å². The summed E-state index contributed by atoms with van der Waals surface area (Å²) in [6, 6.07) is 35.0. The van der Waals surface area contributed by atoms with Crippen molar-refractivity contribution in [1.29, 1.82) is 0 Å². The van der Waals surface area contributed by atoms with Crippen molar-refractivity contribution in [2.75, 3.05) is 0 Å². The van der Waals surface area contributed by atoms with Gasteiger partial charge in [-0.05, 0) is 61.8 Å². The number of rotatable bonds is 6. The number of benzene rings is 4. The van der Waals surface area contributed by atoms with Crippen LogP contribution in [-0.2, 0) is 0 Å². The summed E-state index contributed by atoms with van der Waals surface area (Å²) in [5.41, 5.74) is 5.27. The molecule has 4 rings (SSSR count). The van der Waals surface area contributed by atoms with Gasteiger partial charge in [-0.2, -0.15) is 0 Å². The van der Waals surface area contributed by atoms with Crippen LogP contribution >= 0.6 is 26.9 Å². The summed E-state index contributed by atoms with van der Waals surface area (Å²) in [4.78, 5) is 0. The number of hydrogen-bond acceptors (Lipinski definition) is 0. The predicted octanol–water partition coefficient (Wildman–Crippen LogP) is 7.62. The molecule has 0 saturated carbocycles. The lowest BCUT2D eigenvalue weighted by Crippen LogP contribution is -2.62. The molecular formula is C30H30BrClSi. The Morgan fingerprint density at radius 1 is 0.606 bits per heavy atom. The van der Waals surface area contributed by atoms with Crippen molar-refractivity contribution in [2.24, 2.45) is 0 Å². The molecule has 0 N–H and O–H groups in total. The van der Waals surface area contributed by atoms with Gasteiger partial charge in [-0.25, -0.2) is 0 Å². The Morgan fingerprint density at radius 3 is 1.55 bits per heavy atom. The third kappa shape index (κ3) is 4.75. The van der Waals surface area contributed by atoms with E-state index in [0.717, 1.165) is 5.02 Å². The van der Waals surface area contributed by atoms with Crippen LogP contribution in [0.1, 0.15) is 50.7 Å². The van der Waals surface area contributed by atoms with Gasteiger partial charge in [0.2, 0.25) is 6.69 Å². The summed E-state index contributed by atoms with van der Waals surface area (Å²) in [5.74, 6) is 0.853. The van der Waals surface area contributed by atoms with Crippen LogP contribution in [0.15, 0.2) is 97.1 Å². The maximum atomic E-state index is 6.85. The van der Waals surface area contributed by atoms with Crippen LogP contribution in [0.5, 0.6) is 0 Å². The standard InChI is InChI=1S/C30H30BrClSi/c1-21(2)28-16-11-17-29(22(3)4)30(28)23-18-24(32)20-27(19-23)33(31,25-12-7-5-8-13-25)26-14-9-6-10-15-26/h5-22H,1-4H3. The van der Waals surface area contributed by atoms with E-state index in [-0.39, 0.29) is 0 Å². The van der Waals surface area contributed by atoms with Gasteiger partial charge >= 0.3 is 0 Å². The van der Waals surface area contributed by atoms with Crippen molar-refractivity contribution >= 4 is 49.1 Å². The van der Waals surface area contributed by atoms with Crippen LogP contribution in [0.4, 0.5) is 0 Å². The topological polar surface area (TPSA) is 0 Å². The van der Waals surface area contributed by atoms with Gasteiger partial charge in [0.1, 0.15) is 0 Å². The van der Waals surface area contributed by atoms with Crippen molar-refractivity contribution in [3.05, 3.63) is 113 Å². The quantitative estimate of drug-likeness (QED) is 0.136. The number of halogens is 2.